The van der Waals surface area contributed by atoms with E-state index in [2.05, 4.69) is 4.36 Å². The van der Waals surface area contributed by atoms with Crippen LogP contribution >= 0.6 is 0 Å². The van der Waals surface area contributed by atoms with Crippen molar-refractivity contribution in [2.45, 2.75) is 33.4 Å². The van der Waals surface area contributed by atoms with E-state index >= 15 is 0 Å². The lowest BCUT2D eigenvalue weighted by Crippen LogP contribution is -2.11. The van der Waals surface area contributed by atoms with Crippen molar-refractivity contribution in [3.05, 3.63) is 11.6 Å². The van der Waals surface area contributed by atoms with Crippen molar-refractivity contribution in [3.63, 3.8) is 0 Å². The third-order valence-electron chi connectivity index (χ3n) is 1.78. The van der Waals surface area contributed by atoms with Gasteiger partial charge in [0.1, 0.15) is 0 Å². The van der Waals surface area contributed by atoms with Crippen LogP contribution in [-0.4, -0.2) is 23.6 Å². The van der Waals surface area contributed by atoms with Crippen LogP contribution < -0.4 is 0 Å². The van der Waals surface area contributed by atoms with Crippen molar-refractivity contribution < 1.29 is 18.0 Å². The maximum atomic E-state index is 12.1. The number of nitrogens with zero attached hydrogens (tertiary/aromatic N) is 1. The standard InChI is InChI=1S/C10H16F3NOS/c1-4-6-16(5-2)14-9(15)7-8(3)10(11,12)13/h7H,4-6H2,1-3H3/b8-7+. The van der Waals surface area contributed by atoms with E-state index in [4.69, 9.17) is 0 Å². The highest BCUT2D eigenvalue weighted by Gasteiger charge is 2.30. The molecule has 16 heavy (non-hydrogen) atoms. The van der Waals surface area contributed by atoms with Crippen LogP contribution in [0.5, 0.6) is 0 Å². The summed E-state index contributed by atoms with van der Waals surface area (Å²) in [5.74, 6) is 0.660. The topological polar surface area (TPSA) is 29.4 Å². The zero-order chi connectivity index (χ0) is 12.8. The number of hydrogen-bond acceptors (Lipinski definition) is 1. The van der Waals surface area contributed by atoms with Gasteiger partial charge in [-0.3, -0.25) is 4.79 Å². The van der Waals surface area contributed by atoms with Gasteiger partial charge in [0.05, 0.1) is 0 Å². The number of allylic oxidation sites excluding steroid dienone is 1. The Morgan fingerprint density at radius 3 is 2.31 bits per heavy atom. The van der Waals surface area contributed by atoms with Crippen molar-refractivity contribution in [2.24, 2.45) is 4.36 Å². The van der Waals surface area contributed by atoms with Crippen LogP contribution in [0.4, 0.5) is 13.2 Å². The van der Waals surface area contributed by atoms with E-state index in [1.807, 2.05) is 13.8 Å². The van der Waals surface area contributed by atoms with Crippen LogP contribution in [0.3, 0.4) is 0 Å². The van der Waals surface area contributed by atoms with Crippen LogP contribution in [0.25, 0.3) is 0 Å². The molecule has 0 rings (SSSR count). The summed E-state index contributed by atoms with van der Waals surface area (Å²) >= 11 is 0. The van der Waals surface area contributed by atoms with Crippen molar-refractivity contribution in [2.75, 3.05) is 11.5 Å². The molecule has 1 atom stereocenters. The molecule has 0 aromatic rings. The summed E-state index contributed by atoms with van der Waals surface area (Å²) in [5, 5.41) is 0. The van der Waals surface area contributed by atoms with Gasteiger partial charge in [-0.25, -0.2) is 0 Å². The Bertz CT molecular complexity index is 308. The van der Waals surface area contributed by atoms with Gasteiger partial charge in [0.25, 0.3) is 5.91 Å². The zero-order valence-electron chi connectivity index (χ0n) is 9.60. The molecule has 1 unspecified atom stereocenters. The molecule has 0 aromatic heterocycles. The molecule has 0 radical (unpaired) electrons. The molecule has 6 heteroatoms. The molecule has 0 aliphatic carbocycles. The lowest BCUT2D eigenvalue weighted by atomic mass is 10.3. The lowest BCUT2D eigenvalue weighted by molar-refractivity contribution is -0.114. The highest BCUT2D eigenvalue weighted by Crippen LogP contribution is 2.24. The van der Waals surface area contributed by atoms with Gasteiger partial charge in [-0.1, -0.05) is 24.5 Å². The number of halogens is 3. The molecule has 0 heterocycles. The summed E-state index contributed by atoms with van der Waals surface area (Å²) in [4.78, 5) is 11.2. The molecule has 2 nitrogen and oxygen atoms in total. The van der Waals surface area contributed by atoms with E-state index in [1.165, 1.54) is 0 Å². The molecule has 0 bridgehead atoms. The molecule has 0 saturated heterocycles. The molecule has 0 saturated carbocycles. The SMILES string of the molecule is CCC/S(CC)=N\C(=O)/C=C(\C)C(F)(F)F. The van der Waals surface area contributed by atoms with Gasteiger partial charge in [0.2, 0.25) is 0 Å². The Hall–Kier alpha value is -0.650. The van der Waals surface area contributed by atoms with Crippen LogP contribution in [0.1, 0.15) is 27.2 Å². The fourth-order valence-electron chi connectivity index (χ4n) is 0.911. The van der Waals surface area contributed by atoms with Gasteiger partial charge < -0.3 is 0 Å². The molecule has 0 aliphatic heterocycles. The summed E-state index contributed by atoms with van der Waals surface area (Å²) in [7, 11) is -0.441. The summed E-state index contributed by atoms with van der Waals surface area (Å²) in [5.41, 5.74) is -0.905. The first-order chi connectivity index (χ1) is 7.31. The van der Waals surface area contributed by atoms with Crippen LogP contribution in [0.15, 0.2) is 16.0 Å². The molecular formula is C10H16F3NOS. The zero-order valence-corrected chi connectivity index (χ0v) is 10.4. The smallest absolute Gasteiger partial charge is 0.267 e. The maximum Gasteiger partial charge on any atom is 0.412 e. The second-order valence-electron chi connectivity index (χ2n) is 3.21. The van der Waals surface area contributed by atoms with E-state index in [0.717, 1.165) is 19.1 Å². The summed E-state index contributed by atoms with van der Waals surface area (Å²) in [6.07, 6.45) is -3.01. The minimum Gasteiger partial charge on any atom is -0.267 e. The molecule has 0 aromatic carbocycles. The summed E-state index contributed by atoms with van der Waals surface area (Å²) < 4.78 is 40.1. The van der Waals surface area contributed by atoms with E-state index in [-0.39, 0.29) is 0 Å². The number of amides is 1. The van der Waals surface area contributed by atoms with Crippen molar-refractivity contribution in [1.29, 1.82) is 0 Å². The number of carbonyl (C=O) groups is 1. The van der Waals surface area contributed by atoms with Gasteiger partial charge in [-0.15, -0.1) is 0 Å². The highest BCUT2D eigenvalue weighted by atomic mass is 32.2. The average Bonchev–Trinajstić information content (AvgIpc) is 2.15. The Morgan fingerprint density at radius 1 is 1.38 bits per heavy atom. The molecule has 94 valence electrons. The lowest BCUT2D eigenvalue weighted by Gasteiger charge is -2.05. The molecule has 0 spiro atoms. The average molecular weight is 255 g/mol. The molecular weight excluding hydrogens is 239 g/mol. The fourth-order valence-corrected chi connectivity index (χ4v) is 2.20. The predicted molar refractivity (Wildman–Crippen MR) is 60.3 cm³/mol. The first-order valence-corrected chi connectivity index (χ1v) is 6.52. The van der Waals surface area contributed by atoms with Crippen molar-refractivity contribution >= 4 is 16.6 Å². The van der Waals surface area contributed by atoms with E-state index in [9.17, 15) is 18.0 Å². The van der Waals surface area contributed by atoms with Crippen molar-refractivity contribution in [1.82, 2.24) is 0 Å². The Kier molecular flexibility index (Phi) is 6.55. The van der Waals surface area contributed by atoms with E-state index < -0.39 is 28.3 Å². The Balaban J connectivity index is 4.70. The maximum absolute atomic E-state index is 12.1. The molecule has 1 amide bonds. The summed E-state index contributed by atoms with van der Waals surface area (Å²) in [6.45, 7) is 4.69. The number of hydrogen-bond donors (Lipinski definition) is 0. The van der Waals surface area contributed by atoms with Gasteiger partial charge >= 0.3 is 6.18 Å². The molecule has 0 fully saturated rings. The normalized spacial score (nSPS) is 15.2. The number of alkyl halides is 3. The van der Waals surface area contributed by atoms with Gasteiger partial charge in [0, 0.05) is 23.2 Å². The third kappa shape index (κ3) is 6.05. The molecule has 0 aliphatic rings. The van der Waals surface area contributed by atoms with Gasteiger partial charge in [-0.05, 0) is 13.3 Å². The Morgan fingerprint density at radius 2 is 1.94 bits per heavy atom. The second-order valence-corrected chi connectivity index (χ2v) is 5.30. The second kappa shape index (κ2) is 6.83. The quantitative estimate of drug-likeness (QED) is 0.709. The number of rotatable bonds is 4. The minimum absolute atomic E-state index is 0.441. The van der Waals surface area contributed by atoms with Crippen LogP contribution in [-0.2, 0) is 15.5 Å². The van der Waals surface area contributed by atoms with Crippen LogP contribution in [0.2, 0.25) is 0 Å². The van der Waals surface area contributed by atoms with E-state index in [1.54, 1.807) is 0 Å². The predicted octanol–water partition coefficient (Wildman–Crippen LogP) is 3.25. The fraction of sp³-hybridized carbons (Fsp3) is 0.700. The van der Waals surface area contributed by atoms with Gasteiger partial charge in [0.15, 0.2) is 0 Å². The van der Waals surface area contributed by atoms with E-state index in [0.29, 0.717) is 11.8 Å². The third-order valence-corrected chi connectivity index (χ3v) is 3.76. The van der Waals surface area contributed by atoms with Gasteiger partial charge in [-0.2, -0.15) is 17.5 Å². The summed E-state index contributed by atoms with van der Waals surface area (Å²) in [6, 6.07) is 0. The van der Waals surface area contributed by atoms with Crippen LogP contribution in [0, 0.1) is 0 Å². The molecule has 0 N–H and O–H groups in total. The van der Waals surface area contributed by atoms with Crippen molar-refractivity contribution in [3.8, 4) is 0 Å². The first kappa shape index (κ1) is 15.3. The monoisotopic (exact) mass is 255 g/mol. The Labute approximate surface area is 96.0 Å². The highest BCUT2D eigenvalue weighted by molar-refractivity contribution is 7.87. The number of carbonyl (C=O) groups excluding carboxylic acids is 1. The first-order valence-electron chi connectivity index (χ1n) is 5.00. The largest absolute Gasteiger partial charge is 0.412 e. The minimum atomic E-state index is -4.44.